The Morgan fingerprint density at radius 1 is 1.09 bits per heavy atom. The smallest absolute Gasteiger partial charge is 0.200 e. The molecule has 2 rings (SSSR count). The molecule has 0 spiro atoms. The number of ketones is 1. The third kappa shape index (κ3) is 3.97. The number of carbonyl (C=O) groups is 1. The number of rotatable bonds is 5. The van der Waals surface area contributed by atoms with Gasteiger partial charge >= 0.3 is 0 Å². The van der Waals surface area contributed by atoms with Crippen LogP contribution in [-0.2, 0) is 0 Å². The Bertz CT molecular complexity index is 744. The number of carbonyl (C=O) groups excluding carboxylic acids is 1. The summed E-state index contributed by atoms with van der Waals surface area (Å²) in [6.45, 7) is 0. The number of hydrogen-bond donors (Lipinski definition) is 1. The number of phenolic OH excluding ortho intramolecular Hbond substituents is 1. The van der Waals surface area contributed by atoms with E-state index in [4.69, 9.17) is 32.7 Å². The Hall–Kier alpha value is -2.17. The normalized spacial score (nSPS) is 10.8. The van der Waals surface area contributed by atoms with E-state index in [9.17, 15) is 9.90 Å². The summed E-state index contributed by atoms with van der Waals surface area (Å²) in [7, 11) is 2.86. The molecule has 4 nitrogen and oxygen atoms in total. The minimum atomic E-state index is -0.288. The van der Waals surface area contributed by atoms with Crippen LogP contribution in [0.3, 0.4) is 0 Å². The van der Waals surface area contributed by atoms with Gasteiger partial charge in [0.25, 0.3) is 0 Å². The van der Waals surface area contributed by atoms with Gasteiger partial charge in [0.1, 0.15) is 0 Å². The van der Waals surface area contributed by atoms with E-state index in [-0.39, 0.29) is 23.0 Å². The monoisotopic (exact) mass is 352 g/mol. The molecular weight excluding hydrogens is 339 g/mol. The molecule has 120 valence electrons. The highest BCUT2D eigenvalue weighted by Gasteiger charge is 2.11. The van der Waals surface area contributed by atoms with Gasteiger partial charge in [0, 0.05) is 10.6 Å². The third-order valence-corrected chi connectivity index (χ3v) is 3.69. The van der Waals surface area contributed by atoms with E-state index < -0.39 is 0 Å². The fourth-order valence-electron chi connectivity index (χ4n) is 1.96. The average Bonchev–Trinajstić information content (AvgIpc) is 2.55. The molecule has 2 aromatic rings. The lowest BCUT2D eigenvalue weighted by molar-refractivity contribution is 0.104. The van der Waals surface area contributed by atoms with Crippen LogP contribution in [0.2, 0.25) is 10.0 Å². The highest BCUT2D eigenvalue weighted by Crippen LogP contribution is 2.37. The molecule has 0 saturated heterocycles. The number of allylic oxidation sites excluding steroid dienone is 1. The molecule has 0 amide bonds. The maximum atomic E-state index is 12.2. The first kappa shape index (κ1) is 17.2. The van der Waals surface area contributed by atoms with Crippen LogP contribution < -0.4 is 9.47 Å². The van der Waals surface area contributed by atoms with E-state index in [1.54, 1.807) is 30.3 Å². The minimum absolute atomic E-state index is 0.101. The summed E-state index contributed by atoms with van der Waals surface area (Å²) in [6.07, 6.45) is 2.94. The largest absolute Gasteiger partial charge is 0.502 e. The second-order valence-corrected chi connectivity index (χ2v) is 5.44. The van der Waals surface area contributed by atoms with E-state index >= 15 is 0 Å². The van der Waals surface area contributed by atoms with Gasteiger partial charge in [0.2, 0.25) is 5.75 Å². The van der Waals surface area contributed by atoms with Gasteiger partial charge in [-0.25, -0.2) is 0 Å². The Morgan fingerprint density at radius 2 is 1.70 bits per heavy atom. The van der Waals surface area contributed by atoms with Crippen molar-refractivity contribution >= 4 is 35.1 Å². The molecule has 1 N–H and O–H groups in total. The molecule has 0 bridgehead atoms. The van der Waals surface area contributed by atoms with Crippen LogP contribution in [-0.4, -0.2) is 25.1 Å². The van der Waals surface area contributed by atoms with Gasteiger partial charge < -0.3 is 14.6 Å². The van der Waals surface area contributed by atoms with Crippen LogP contribution in [0.5, 0.6) is 17.2 Å². The Morgan fingerprint density at radius 3 is 2.26 bits per heavy atom. The van der Waals surface area contributed by atoms with Crippen molar-refractivity contribution in [1.29, 1.82) is 0 Å². The quantitative estimate of drug-likeness (QED) is 0.630. The van der Waals surface area contributed by atoms with Gasteiger partial charge in [0.15, 0.2) is 17.3 Å². The molecule has 0 fully saturated rings. The molecule has 0 unspecified atom stereocenters. The molecule has 0 heterocycles. The predicted octanol–water partition coefficient (Wildman–Crippen LogP) is 4.61. The average molecular weight is 353 g/mol. The molecule has 0 radical (unpaired) electrons. The van der Waals surface area contributed by atoms with Gasteiger partial charge in [-0.05, 0) is 42.0 Å². The minimum Gasteiger partial charge on any atom is -0.502 e. The number of methoxy groups -OCH3 is 2. The fraction of sp³-hybridized carbons (Fsp3) is 0.118. The van der Waals surface area contributed by atoms with E-state index in [1.165, 1.54) is 26.4 Å². The topological polar surface area (TPSA) is 55.8 Å². The van der Waals surface area contributed by atoms with Crippen molar-refractivity contribution in [3.05, 3.63) is 57.6 Å². The molecule has 0 aliphatic heterocycles. The summed E-state index contributed by atoms with van der Waals surface area (Å²) in [5.74, 6) is 0.106. The van der Waals surface area contributed by atoms with Crippen LogP contribution in [0.4, 0.5) is 0 Å². The SMILES string of the molecule is COc1cc(/C=C/C(=O)c2cc(Cl)ccc2Cl)cc(OC)c1O. The van der Waals surface area contributed by atoms with E-state index in [1.807, 2.05) is 0 Å². The zero-order valence-corrected chi connectivity index (χ0v) is 14.0. The molecule has 0 saturated carbocycles. The summed E-state index contributed by atoms with van der Waals surface area (Å²) in [6, 6.07) is 7.86. The molecule has 23 heavy (non-hydrogen) atoms. The van der Waals surface area contributed by atoms with Crippen molar-refractivity contribution in [2.24, 2.45) is 0 Å². The lowest BCUT2D eigenvalue weighted by Gasteiger charge is -2.09. The number of benzene rings is 2. The standard InChI is InChI=1S/C17H14Cl2O4/c1-22-15-7-10(8-16(23-2)17(15)21)3-6-14(20)12-9-11(18)4-5-13(12)19/h3-9,21H,1-2H3/b6-3+. The number of ether oxygens (including phenoxy) is 2. The van der Waals surface area contributed by atoms with E-state index in [0.29, 0.717) is 21.2 Å². The van der Waals surface area contributed by atoms with Crippen molar-refractivity contribution in [3.63, 3.8) is 0 Å². The molecule has 2 aromatic carbocycles. The molecule has 0 atom stereocenters. The molecule has 0 aliphatic carbocycles. The number of aromatic hydroxyl groups is 1. The second kappa shape index (κ2) is 7.40. The zero-order chi connectivity index (χ0) is 17.0. The maximum absolute atomic E-state index is 12.2. The van der Waals surface area contributed by atoms with Crippen molar-refractivity contribution in [1.82, 2.24) is 0 Å². The van der Waals surface area contributed by atoms with Gasteiger partial charge in [-0.2, -0.15) is 0 Å². The lowest BCUT2D eigenvalue weighted by Crippen LogP contribution is -1.95. The number of halogens is 2. The van der Waals surface area contributed by atoms with Crippen molar-refractivity contribution < 1.29 is 19.4 Å². The summed E-state index contributed by atoms with van der Waals surface area (Å²) in [5, 5.41) is 10.6. The molecule has 0 aliphatic rings. The Labute approximate surface area is 143 Å². The van der Waals surface area contributed by atoms with Crippen molar-refractivity contribution in [3.8, 4) is 17.2 Å². The highest BCUT2D eigenvalue weighted by atomic mass is 35.5. The summed E-state index contributed by atoms with van der Waals surface area (Å²) < 4.78 is 10.1. The van der Waals surface area contributed by atoms with Crippen LogP contribution in [0.25, 0.3) is 6.08 Å². The van der Waals surface area contributed by atoms with E-state index in [0.717, 1.165) is 0 Å². The van der Waals surface area contributed by atoms with Crippen LogP contribution in [0.1, 0.15) is 15.9 Å². The summed E-state index contributed by atoms with van der Waals surface area (Å²) in [5.41, 5.74) is 0.941. The van der Waals surface area contributed by atoms with Crippen LogP contribution in [0.15, 0.2) is 36.4 Å². The highest BCUT2D eigenvalue weighted by molar-refractivity contribution is 6.36. The van der Waals surface area contributed by atoms with Crippen molar-refractivity contribution in [2.75, 3.05) is 14.2 Å². The lowest BCUT2D eigenvalue weighted by atomic mass is 10.1. The maximum Gasteiger partial charge on any atom is 0.200 e. The Balaban J connectivity index is 2.32. The van der Waals surface area contributed by atoms with Gasteiger partial charge in [-0.3, -0.25) is 4.79 Å². The fourth-order valence-corrected chi connectivity index (χ4v) is 2.34. The molecular formula is C17H14Cl2O4. The Kier molecular flexibility index (Phi) is 5.53. The van der Waals surface area contributed by atoms with Gasteiger partial charge in [0.05, 0.1) is 19.2 Å². The first-order valence-electron chi connectivity index (χ1n) is 6.58. The van der Waals surface area contributed by atoms with E-state index in [2.05, 4.69) is 0 Å². The van der Waals surface area contributed by atoms with Crippen LogP contribution >= 0.6 is 23.2 Å². The number of phenols is 1. The molecule has 6 heteroatoms. The first-order valence-corrected chi connectivity index (χ1v) is 7.34. The van der Waals surface area contributed by atoms with Gasteiger partial charge in [-0.15, -0.1) is 0 Å². The predicted molar refractivity (Wildman–Crippen MR) is 91.0 cm³/mol. The van der Waals surface area contributed by atoms with Gasteiger partial charge in [-0.1, -0.05) is 29.3 Å². The third-order valence-electron chi connectivity index (χ3n) is 3.12. The summed E-state index contributed by atoms with van der Waals surface area (Å²) in [4.78, 5) is 12.2. The van der Waals surface area contributed by atoms with Crippen LogP contribution in [0, 0.1) is 0 Å². The zero-order valence-electron chi connectivity index (χ0n) is 12.5. The first-order chi connectivity index (χ1) is 11.0. The number of hydrogen-bond acceptors (Lipinski definition) is 4. The summed E-state index contributed by atoms with van der Waals surface area (Å²) >= 11 is 11.9. The molecule has 0 aromatic heterocycles. The second-order valence-electron chi connectivity index (χ2n) is 4.60. The van der Waals surface area contributed by atoms with Crippen molar-refractivity contribution in [2.45, 2.75) is 0 Å².